The summed E-state index contributed by atoms with van der Waals surface area (Å²) in [5, 5.41) is 0. The Balaban J connectivity index is 2.11. The van der Waals surface area contributed by atoms with Crippen molar-refractivity contribution in [2.24, 2.45) is 0 Å². The zero-order chi connectivity index (χ0) is 14.8. The average Bonchev–Trinajstić information content (AvgIpc) is 2.96. The van der Waals surface area contributed by atoms with E-state index in [0.717, 1.165) is 21.9 Å². The van der Waals surface area contributed by atoms with E-state index in [0.29, 0.717) is 11.5 Å². The Kier molecular flexibility index (Phi) is 3.70. The zero-order valence-electron chi connectivity index (χ0n) is 12.0. The van der Waals surface area contributed by atoms with Crippen molar-refractivity contribution >= 4 is 17.5 Å². The van der Waals surface area contributed by atoms with Gasteiger partial charge in [0.05, 0.1) is 32.3 Å². The van der Waals surface area contributed by atoms with Gasteiger partial charge in [0.2, 0.25) is 5.78 Å². The molecule has 0 unspecified atom stereocenters. The molecule has 0 atom stereocenters. The van der Waals surface area contributed by atoms with Crippen LogP contribution in [0.3, 0.4) is 0 Å². The molecule has 6 heteroatoms. The van der Waals surface area contributed by atoms with Crippen LogP contribution in [0.5, 0.6) is 11.5 Å². The molecule has 0 aliphatic heterocycles. The second-order valence-corrected chi connectivity index (χ2v) is 5.27. The van der Waals surface area contributed by atoms with Crippen LogP contribution < -0.4 is 9.47 Å². The fraction of sp³-hybridized carbons (Fsp3) is 0.200. The summed E-state index contributed by atoms with van der Waals surface area (Å²) in [4.78, 5) is 9.95. The molecular formula is C15H15N3O2S. The summed E-state index contributed by atoms with van der Waals surface area (Å²) < 4.78 is 12.5. The summed E-state index contributed by atoms with van der Waals surface area (Å²) in [6, 6.07) is 6.09. The largest absolute Gasteiger partial charge is 0.496 e. The van der Waals surface area contributed by atoms with Gasteiger partial charge in [-0.25, -0.2) is 9.97 Å². The maximum atomic E-state index is 5.48. The second-order valence-electron chi connectivity index (χ2n) is 4.39. The summed E-state index contributed by atoms with van der Waals surface area (Å²) in [6.45, 7) is 0. The van der Waals surface area contributed by atoms with Crippen molar-refractivity contribution in [1.29, 1.82) is 0 Å². The van der Waals surface area contributed by atoms with Gasteiger partial charge in [0, 0.05) is 16.7 Å². The normalized spacial score (nSPS) is 10.8. The number of imidazole rings is 1. The molecule has 0 bridgehead atoms. The number of hydrogen-bond acceptors (Lipinski definition) is 5. The molecule has 2 heterocycles. The van der Waals surface area contributed by atoms with Crippen LogP contribution in [-0.2, 0) is 0 Å². The molecule has 3 rings (SSSR count). The SMILES string of the molecule is COc1cnc2nc(-c3ccc(SC)cc3OC)cn2c1. The van der Waals surface area contributed by atoms with Crippen LogP contribution in [-0.4, -0.2) is 34.8 Å². The molecule has 0 N–H and O–H groups in total. The molecule has 3 aromatic rings. The van der Waals surface area contributed by atoms with Gasteiger partial charge >= 0.3 is 0 Å². The molecule has 21 heavy (non-hydrogen) atoms. The Morgan fingerprint density at radius 3 is 2.71 bits per heavy atom. The number of ether oxygens (including phenoxy) is 2. The maximum Gasteiger partial charge on any atom is 0.234 e. The summed E-state index contributed by atoms with van der Waals surface area (Å²) in [5.74, 6) is 2.12. The summed E-state index contributed by atoms with van der Waals surface area (Å²) in [5.41, 5.74) is 1.76. The molecule has 1 aromatic carbocycles. The Morgan fingerprint density at radius 1 is 1.14 bits per heavy atom. The van der Waals surface area contributed by atoms with Crippen LogP contribution in [0.4, 0.5) is 0 Å². The first-order valence-corrected chi connectivity index (χ1v) is 7.58. The Labute approximate surface area is 126 Å². The lowest BCUT2D eigenvalue weighted by Gasteiger charge is -2.07. The molecule has 0 saturated heterocycles. The van der Waals surface area contributed by atoms with Crippen molar-refractivity contribution in [3.05, 3.63) is 36.8 Å². The molecule has 5 nitrogen and oxygen atoms in total. The molecule has 2 aromatic heterocycles. The fourth-order valence-electron chi connectivity index (χ4n) is 2.11. The third-order valence-corrected chi connectivity index (χ3v) is 3.93. The lowest BCUT2D eigenvalue weighted by molar-refractivity contribution is 0.410. The first-order valence-electron chi connectivity index (χ1n) is 6.36. The molecule has 0 aliphatic rings. The highest BCUT2D eigenvalue weighted by Crippen LogP contribution is 2.32. The molecule has 0 radical (unpaired) electrons. The smallest absolute Gasteiger partial charge is 0.234 e. The van der Waals surface area contributed by atoms with Crippen LogP contribution in [0.15, 0.2) is 41.7 Å². The first-order chi connectivity index (χ1) is 10.2. The van der Waals surface area contributed by atoms with E-state index in [4.69, 9.17) is 9.47 Å². The van der Waals surface area contributed by atoms with Crippen molar-refractivity contribution in [2.45, 2.75) is 4.90 Å². The summed E-state index contributed by atoms with van der Waals surface area (Å²) in [6.07, 6.45) is 7.46. The first kappa shape index (κ1) is 13.8. The van der Waals surface area contributed by atoms with Crippen LogP contribution in [0.2, 0.25) is 0 Å². The monoisotopic (exact) mass is 301 g/mol. The van der Waals surface area contributed by atoms with Crippen molar-refractivity contribution in [3.63, 3.8) is 0 Å². The van der Waals surface area contributed by atoms with Gasteiger partial charge in [0.15, 0.2) is 5.75 Å². The highest BCUT2D eigenvalue weighted by Gasteiger charge is 2.11. The average molecular weight is 301 g/mol. The van der Waals surface area contributed by atoms with Crippen LogP contribution in [0, 0.1) is 0 Å². The van der Waals surface area contributed by atoms with E-state index in [1.807, 2.05) is 35.2 Å². The number of hydrogen-bond donors (Lipinski definition) is 0. The van der Waals surface area contributed by atoms with E-state index in [9.17, 15) is 0 Å². The van der Waals surface area contributed by atoms with Gasteiger partial charge in [-0.2, -0.15) is 0 Å². The number of methoxy groups -OCH3 is 2. The van der Waals surface area contributed by atoms with E-state index >= 15 is 0 Å². The summed E-state index contributed by atoms with van der Waals surface area (Å²) in [7, 11) is 3.28. The van der Waals surface area contributed by atoms with Crippen LogP contribution in [0.1, 0.15) is 0 Å². The van der Waals surface area contributed by atoms with Gasteiger partial charge < -0.3 is 9.47 Å². The number of rotatable bonds is 4. The van der Waals surface area contributed by atoms with Crippen molar-refractivity contribution in [2.75, 3.05) is 20.5 Å². The molecule has 0 saturated carbocycles. The van der Waals surface area contributed by atoms with E-state index in [1.165, 1.54) is 0 Å². The van der Waals surface area contributed by atoms with Gasteiger partial charge in [0.25, 0.3) is 0 Å². The molecule has 108 valence electrons. The second kappa shape index (κ2) is 5.65. The topological polar surface area (TPSA) is 48.7 Å². The van der Waals surface area contributed by atoms with Crippen LogP contribution in [0.25, 0.3) is 17.0 Å². The number of benzene rings is 1. The Bertz CT molecular complexity index is 786. The van der Waals surface area contributed by atoms with Crippen molar-refractivity contribution < 1.29 is 9.47 Å². The number of aromatic nitrogens is 3. The van der Waals surface area contributed by atoms with E-state index in [2.05, 4.69) is 16.0 Å². The van der Waals surface area contributed by atoms with Gasteiger partial charge in [0.1, 0.15) is 5.75 Å². The predicted octanol–water partition coefficient (Wildman–Crippen LogP) is 3.14. The number of fused-ring (bicyclic) bond motifs is 1. The van der Waals surface area contributed by atoms with Gasteiger partial charge in [-0.15, -0.1) is 11.8 Å². The minimum atomic E-state index is 0.627. The molecular weight excluding hydrogens is 286 g/mol. The standard InChI is InChI=1S/C15H15N3O2S/c1-19-10-7-16-15-17-13(9-18(15)8-10)12-5-4-11(21-3)6-14(12)20-2/h4-9H,1-3H3. The van der Waals surface area contributed by atoms with E-state index in [1.54, 1.807) is 32.2 Å². The lowest BCUT2D eigenvalue weighted by Crippen LogP contribution is -1.90. The third kappa shape index (κ3) is 2.54. The Morgan fingerprint density at radius 2 is 2.00 bits per heavy atom. The van der Waals surface area contributed by atoms with Gasteiger partial charge in [-0.3, -0.25) is 4.40 Å². The summed E-state index contributed by atoms with van der Waals surface area (Å²) >= 11 is 1.68. The van der Waals surface area contributed by atoms with Gasteiger partial charge in [-0.05, 0) is 24.5 Å². The van der Waals surface area contributed by atoms with Crippen molar-refractivity contribution in [1.82, 2.24) is 14.4 Å². The molecule has 0 amide bonds. The third-order valence-electron chi connectivity index (χ3n) is 3.21. The van der Waals surface area contributed by atoms with Crippen molar-refractivity contribution in [3.8, 4) is 22.8 Å². The highest BCUT2D eigenvalue weighted by molar-refractivity contribution is 7.98. The fourth-order valence-corrected chi connectivity index (χ4v) is 2.54. The van der Waals surface area contributed by atoms with E-state index < -0.39 is 0 Å². The maximum absolute atomic E-state index is 5.48. The predicted molar refractivity (Wildman–Crippen MR) is 83.3 cm³/mol. The molecule has 0 fully saturated rings. The van der Waals surface area contributed by atoms with Gasteiger partial charge in [-0.1, -0.05) is 0 Å². The van der Waals surface area contributed by atoms with E-state index in [-0.39, 0.29) is 0 Å². The highest BCUT2D eigenvalue weighted by atomic mass is 32.2. The molecule has 0 aliphatic carbocycles. The minimum Gasteiger partial charge on any atom is -0.496 e. The zero-order valence-corrected chi connectivity index (χ0v) is 12.8. The molecule has 0 spiro atoms. The van der Waals surface area contributed by atoms with Crippen LogP contribution >= 0.6 is 11.8 Å². The number of nitrogens with zero attached hydrogens (tertiary/aromatic N) is 3. The lowest BCUT2D eigenvalue weighted by atomic mass is 10.1. The number of thioether (sulfide) groups is 1. The Hall–Kier alpha value is -2.21. The minimum absolute atomic E-state index is 0.627. The quantitative estimate of drug-likeness (QED) is 0.693.